The highest BCUT2D eigenvalue weighted by atomic mass is 35.5. The number of ether oxygens (including phenoxy) is 1. The Balaban J connectivity index is 1.45. The van der Waals surface area contributed by atoms with Gasteiger partial charge in [-0.1, -0.05) is 11.6 Å². The number of piperazine rings is 1. The van der Waals surface area contributed by atoms with Gasteiger partial charge in [0, 0.05) is 42.6 Å². The van der Waals surface area contributed by atoms with Gasteiger partial charge >= 0.3 is 6.36 Å². The first-order valence-electron chi connectivity index (χ1n) is 8.67. The van der Waals surface area contributed by atoms with Crippen molar-refractivity contribution in [2.45, 2.75) is 6.36 Å². The summed E-state index contributed by atoms with van der Waals surface area (Å²) in [7, 11) is 0. The smallest absolute Gasteiger partial charge is 0.406 e. The van der Waals surface area contributed by atoms with E-state index in [-0.39, 0.29) is 18.2 Å². The van der Waals surface area contributed by atoms with Gasteiger partial charge < -0.3 is 15.0 Å². The molecule has 0 saturated carbocycles. The highest BCUT2D eigenvalue weighted by Crippen LogP contribution is 2.24. The number of carbonyl (C=O) groups excluding carboxylic acids is 1. The summed E-state index contributed by atoms with van der Waals surface area (Å²) in [5.74, 6) is -0.548. The van der Waals surface area contributed by atoms with E-state index < -0.39 is 6.36 Å². The molecule has 1 N–H and O–H groups in total. The van der Waals surface area contributed by atoms with Crippen LogP contribution in [0.2, 0.25) is 5.02 Å². The number of benzene rings is 2. The topological polar surface area (TPSA) is 44.8 Å². The van der Waals surface area contributed by atoms with Crippen LogP contribution in [-0.2, 0) is 4.79 Å². The molecule has 0 aromatic heterocycles. The van der Waals surface area contributed by atoms with E-state index in [0.29, 0.717) is 10.7 Å². The SMILES string of the molecule is O=C(CN1CCN(c2ccc(Cl)cc2)CC1)Nc1ccc(OC(F)(F)F)cc1. The van der Waals surface area contributed by atoms with Gasteiger partial charge in [0.15, 0.2) is 0 Å². The molecule has 0 spiro atoms. The summed E-state index contributed by atoms with van der Waals surface area (Å²) in [6, 6.07) is 12.7. The monoisotopic (exact) mass is 413 g/mol. The van der Waals surface area contributed by atoms with Gasteiger partial charge in [0.1, 0.15) is 5.75 Å². The zero-order chi connectivity index (χ0) is 20.1. The largest absolute Gasteiger partial charge is 0.573 e. The summed E-state index contributed by atoms with van der Waals surface area (Å²) in [6.07, 6.45) is -4.74. The van der Waals surface area contributed by atoms with Crippen LogP contribution < -0.4 is 15.0 Å². The van der Waals surface area contributed by atoms with E-state index >= 15 is 0 Å². The first-order valence-corrected chi connectivity index (χ1v) is 9.05. The lowest BCUT2D eigenvalue weighted by Crippen LogP contribution is -2.48. The Morgan fingerprint density at radius 3 is 2.18 bits per heavy atom. The number of alkyl halides is 3. The molecule has 0 aliphatic carbocycles. The number of amides is 1. The average molecular weight is 414 g/mol. The lowest BCUT2D eigenvalue weighted by Gasteiger charge is -2.35. The van der Waals surface area contributed by atoms with Crippen LogP contribution in [0.1, 0.15) is 0 Å². The predicted octanol–water partition coefficient (Wildman–Crippen LogP) is 4.00. The lowest BCUT2D eigenvalue weighted by atomic mass is 10.2. The highest BCUT2D eigenvalue weighted by Gasteiger charge is 2.31. The molecule has 0 bridgehead atoms. The van der Waals surface area contributed by atoms with Crippen molar-refractivity contribution in [1.29, 1.82) is 0 Å². The summed E-state index contributed by atoms with van der Waals surface area (Å²) in [5, 5.41) is 3.37. The highest BCUT2D eigenvalue weighted by molar-refractivity contribution is 6.30. The van der Waals surface area contributed by atoms with Crippen molar-refractivity contribution in [2.24, 2.45) is 0 Å². The maximum Gasteiger partial charge on any atom is 0.573 e. The normalized spacial score (nSPS) is 15.4. The van der Waals surface area contributed by atoms with Gasteiger partial charge in [-0.15, -0.1) is 13.2 Å². The molecular weight excluding hydrogens is 395 g/mol. The molecule has 1 aliphatic heterocycles. The predicted molar refractivity (Wildman–Crippen MR) is 102 cm³/mol. The Hall–Kier alpha value is -2.45. The fourth-order valence-electron chi connectivity index (χ4n) is 2.96. The van der Waals surface area contributed by atoms with E-state index in [1.165, 1.54) is 12.1 Å². The second-order valence-corrected chi connectivity index (χ2v) is 6.80. The fourth-order valence-corrected chi connectivity index (χ4v) is 3.09. The van der Waals surface area contributed by atoms with E-state index in [2.05, 4.69) is 15.0 Å². The summed E-state index contributed by atoms with van der Waals surface area (Å²) in [4.78, 5) is 16.4. The van der Waals surface area contributed by atoms with Crippen molar-refractivity contribution >= 4 is 28.9 Å². The lowest BCUT2D eigenvalue weighted by molar-refractivity contribution is -0.274. The van der Waals surface area contributed by atoms with Crippen LogP contribution in [0.4, 0.5) is 24.5 Å². The first kappa shape index (κ1) is 20.3. The minimum absolute atomic E-state index is 0.218. The van der Waals surface area contributed by atoms with Crippen molar-refractivity contribution in [3.63, 3.8) is 0 Å². The van der Waals surface area contributed by atoms with E-state index in [0.717, 1.165) is 44.0 Å². The van der Waals surface area contributed by atoms with Crippen LogP contribution in [-0.4, -0.2) is 49.9 Å². The fraction of sp³-hybridized carbons (Fsp3) is 0.316. The average Bonchev–Trinajstić information content (AvgIpc) is 2.63. The molecule has 150 valence electrons. The van der Waals surface area contributed by atoms with Crippen LogP contribution in [0.15, 0.2) is 48.5 Å². The Kier molecular flexibility index (Phi) is 6.31. The molecule has 0 atom stereocenters. The Bertz CT molecular complexity index is 790. The van der Waals surface area contributed by atoms with Crippen molar-refractivity contribution in [1.82, 2.24) is 4.90 Å². The van der Waals surface area contributed by atoms with Crippen molar-refractivity contribution < 1.29 is 22.7 Å². The second kappa shape index (κ2) is 8.70. The number of halogens is 4. The third-order valence-electron chi connectivity index (χ3n) is 4.30. The molecule has 5 nitrogen and oxygen atoms in total. The number of hydrogen-bond acceptors (Lipinski definition) is 4. The molecule has 1 amide bonds. The summed E-state index contributed by atoms with van der Waals surface area (Å²) >= 11 is 5.91. The van der Waals surface area contributed by atoms with Gasteiger partial charge in [0.25, 0.3) is 0 Å². The van der Waals surface area contributed by atoms with E-state index in [1.54, 1.807) is 0 Å². The maximum atomic E-state index is 12.2. The van der Waals surface area contributed by atoms with Gasteiger partial charge in [0.2, 0.25) is 5.91 Å². The van der Waals surface area contributed by atoms with Crippen molar-refractivity contribution in [3.05, 3.63) is 53.6 Å². The van der Waals surface area contributed by atoms with E-state index in [1.807, 2.05) is 29.2 Å². The minimum Gasteiger partial charge on any atom is -0.406 e. The number of rotatable bonds is 5. The Morgan fingerprint density at radius 2 is 1.61 bits per heavy atom. The Labute approximate surface area is 165 Å². The first-order chi connectivity index (χ1) is 13.3. The number of carbonyl (C=O) groups is 1. The number of nitrogens with one attached hydrogen (secondary N) is 1. The number of nitrogens with zero attached hydrogens (tertiary/aromatic N) is 2. The van der Waals surface area contributed by atoms with Crippen LogP contribution in [0.3, 0.4) is 0 Å². The van der Waals surface area contributed by atoms with Crippen LogP contribution in [0.25, 0.3) is 0 Å². The molecule has 1 aliphatic rings. The quantitative estimate of drug-likeness (QED) is 0.804. The van der Waals surface area contributed by atoms with Crippen LogP contribution in [0.5, 0.6) is 5.75 Å². The van der Waals surface area contributed by atoms with Gasteiger partial charge in [-0.25, -0.2) is 0 Å². The zero-order valence-electron chi connectivity index (χ0n) is 14.9. The van der Waals surface area contributed by atoms with Crippen LogP contribution in [0, 0.1) is 0 Å². The molecule has 0 unspecified atom stereocenters. The number of anilines is 2. The van der Waals surface area contributed by atoms with Gasteiger partial charge in [-0.05, 0) is 48.5 Å². The van der Waals surface area contributed by atoms with Gasteiger partial charge in [0.05, 0.1) is 6.54 Å². The Morgan fingerprint density at radius 1 is 1.00 bits per heavy atom. The molecule has 0 radical (unpaired) electrons. The molecule has 1 saturated heterocycles. The van der Waals surface area contributed by atoms with Gasteiger partial charge in [-0.2, -0.15) is 0 Å². The van der Waals surface area contributed by atoms with Crippen molar-refractivity contribution in [2.75, 3.05) is 42.9 Å². The molecule has 28 heavy (non-hydrogen) atoms. The standard InChI is InChI=1S/C19H19ClF3N3O2/c20-14-1-5-16(6-2-14)26-11-9-25(10-12-26)13-18(27)24-15-3-7-17(8-4-15)28-19(21,22)23/h1-8H,9-13H2,(H,24,27). The molecular formula is C19H19ClF3N3O2. The van der Waals surface area contributed by atoms with Gasteiger partial charge in [-0.3, -0.25) is 9.69 Å². The van der Waals surface area contributed by atoms with Crippen LogP contribution >= 0.6 is 11.6 Å². The van der Waals surface area contributed by atoms with E-state index in [9.17, 15) is 18.0 Å². The van der Waals surface area contributed by atoms with Crippen molar-refractivity contribution in [3.8, 4) is 5.75 Å². The second-order valence-electron chi connectivity index (χ2n) is 6.36. The molecule has 3 rings (SSSR count). The third kappa shape index (κ3) is 6.03. The molecule has 2 aromatic rings. The number of hydrogen-bond donors (Lipinski definition) is 1. The zero-order valence-corrected chi connectivity index (χ0v) is 15.6. The molecule has 1 heterocycles. The molecule has 2 aromatic carbocycles. The summed E-state index contributed by atoms with van der Waals surface area (Å²) < 4.78 is 40.3. The summed E-state index contributed by atoms with van der Waals surface area (Å²) in [5.41, 5.74) is 1.51. The maximum absolute atomic E-state index is 12.2. The van der Waals surface area contributed by atoms with E-state index in [4.69, 9.17) is 11.6 Å². The molecule has 9 heteroatoms. The minimum atomic E-state index is -4.74. The molecule has 1 fully saturated rings. The summed E-state index contributed by atoms with van der Waals surface area (Å²) in [6.45, 7) is 3.26. The third-order valence-corrected chi connectivity index (χ3v) is 4.55.